The van der Waals surface area contributed by atoms with Gasteiger partial charge in [-0.1, -0.05) is 6.92 Å². The normalized spacial score (nSPS) is 17.2. The first-order chi connectivity index (χ1) is 6.76. The number of halogens is 1. The molecule has 0 radical (unpaired) electrons. The highest BCUT2D eigenvalue weighted by molar-refractivity contribution is 7.09. The van der Waals surface area contributed by atoms with Gasteiger partial charge in [0.2, 0.25) is 0 Å². The second kappa shape index (κ2) is 5.28. The molecule has 1 heterocycles. The van der Waals surface area contributed by atoms with Crippen molar-refractivity contribution in [2.24, 2.45) is 5.41 Å². The Hall–Kier alpha value is -0.120. The lowest BCUT2D eigenvalue weighted by molar-refractivity contribution is 0.444. The molecule has 1 saturated carbocycles. The van der Waals surface area contributed by atoms with Gasteiger partial charge in [0.25, 0.3) is 0 Å². The maximum Gasteiger partial charge on any atom is 0.0798 e. The van der Waals surface area contributed by atoms with Crippen LogP contribution >= 0.6 is 23.7 Å². The lowest BCUT2D eigenvalue weighted by atomic mass is 10.0. The monoisotopic (exact) mass is 246 g/mol. The number of hydrogen-bond acceptors (Lipinski definition) is 3. The number of nitrogens with one attached hydrogen (secondary N) is 1. The minimum absolute atomic E-state index is 0. The quantitative estimate of drug-likeness (QED) is 0.864. The molecule has 15 heavy (non-hydrogen) atoms. The van der Waals surface area contributed by atoms with Gasteiger partial charge in [-0.2, -0.15) is 0 Å². The molecule has 0 aromatic carbocycles. The highest BCUT2D eigenvalue weighted by Crippen LogP contribution is 2.47. The van der Waals surface area contributed by atoms with E-state index in [1.54, 1.807) is 11.3 Å². The summed E-state index contributed by atoms with van der Waals surface area (Å²) in [6.07, 6.45) is 4.15. The van der Waals surface area contributed by atoms with Crippen molar-refractivity contribution in [1.82, 2.24) is 10.3 Å². The summed E-state index contributed by atoms with van der Waals surface area (Å²) in [5, 5.41) is 3.55. The van der Waals surface area contributed by atoms with E-state index in [1.165, 1.54) is 36.4 Å². The fraction of sp³-hybridized carbons (Fsp3) is 0.727. The molecular formula is C11H19ClN2S. The molecule has 1 N–H and O–H groups in total. The van der Waals surface area contributed by atoms with E-state index in [0.717, 1.165) is 6.54 Å². The molecule has 1 aliphatic rings. The van der Waals surface area contributed by atoms with Crippen LogP contribution in [-0.2, 0) is 6.54 Å². The van der Waals surface area contributed by atoms with Crippen molar-refractivity contribution >= 4 is 23.7 Å². The van der Waals surface area contributed by atoms with Crippen molar-refractivity contribution in [2.75, 3.05) is 6.54 Å². The van der Waals surface area contributed by atoms with Crippen molar-refractivity contribution in [3.63, 3.8) is 0 Å². The molecule has 1 aromatic rings. The lowest BCUT2D eigenvalue weighted by Gasteiger charge is -2.12. The zero-order chi connectivity index (χ0) is 10.0. The Balaban J connectivity index is 0.00000112. The highest BCUT2D eigenvalue weighted by Gasteiger charge is 2.39. The topological polar surface area (TPSA) is 24.9 Å². The Bertz CT molecular complexity index is 307. The number of hydrogen-bond donors (Lipinski definition) is 1. The molecule has 86 valence electrons. The smallest absolute Gasteiger partial charge is 0.0798 e. The summed E-state index contributed by atoms with van der Waals surface area (Å²) in [5.74, 6) is 0. The molecule has 1 fully saturated rings. The van der Waals surface area contributed by atoms with E-state index in [9.17, 15) is 0 Å². The van der Waals surface area contributed by atoms with Crippen LogP contribution in [-0.4, -0.2) is 11.5 Å². The Morgan fingerprint density at radius 2 is 2.27 bits per heavy atom. The maximum atomic E-state index is 4.25. The van der Waals surface area contributed by atoms with E-state index in [1.807, 2.05) is 5.51 Å². The molecule has 0 bridgehead atoms. The van der Waals surface area contributed by atoms with Gasteiger partial charge < -0.3 is 5.32 Å². The second-order valence-electron chi connectivity index (χ2n) is 4.32. The molecule has 4 heteroatoms. The average molecular weight is 247 g/mol. The van der Waals surface area contributed by atoms with Gasteiger partial charge in [0.1, 0.15) is 0 Å². The number of aromatic nitrogens is 1. The molecule has 2 rings (SSSR count). The van der Waals surface area contributed by atoms with Crippen molar-refractivity contribution in [3.05, 3.63) is 16.1 Å². The molecule has 0 unspecified atom stereocenters. The van der Waals surface area contributed by atoms with E-state index in [0.29, 0.717) is 5.41 Å². The molecule has 0 spiro atoms. The van der Waals surface area contributed by atoms with Gasteiger partial charge >= 0.3 is 0 Å². The molecule has 0 amide bonds. The summed E-state index contributed by atoms with van der Waals surface area (Å²) < 4.78 is 0. The number of rotatable bonds is 5. The van der Waals surface area contributed by atoms with E-state index < -0.39 is 0 Å². The molecule has 1 aliphatic carbocycles. The zero-order valence-corrected chi connectivity index (χ0v) is 11.0. The van der Waals surface area contributed by atoms with Gasteiger partial charge in [-0.05, 0) is 31.6 Å². The average Bonchev–Trinajstić information content (AvgIpc) is 2.86. The summed E-state index contributed by atoms with van der Waals surface area (Å²) in [6, 6.07) is 0. The third-order valence-corrected chi connectivity index (χ3v) is 4.27. The van der Waals surface area contributed by atoms with Crippen LogP contribution in [0.5, 0.6) is 0 Å². The Morgan fingerprint density at radius 3 is 2.73 bits per heavy atom. The SMILES string of the molecule is CCC1(CNCc2scnc2C)CC1.Cl. The van der Waals surface area contributed by atoms with E-state index in [4.69, 9.17) is 0 Å². The number of nitrogens with zero attached hydrogens (tertiary/aromatic N) is 1. The minimum Gasteiger partial charge on any atom is -0.311 e. The zero-order valence-electron chi connectivity index (χ0n) is 9.38. The first-order valence-electron chi connectivity index (χ1n) is 5.35. The van der Waals surface area contributed by atoms with E-state index >= 15 is 0 Å². The van der Waals surface area contributed by atoms with Crippen molar-refractivity contribution in [2.45, 2.75) is 39.7 Å². The van der Waals surface area contributed by atoms with Crippen LogP contribution in [0, 0.1) is 12.3 Å². The summed E-state index contributed by atoms with van der Waals surface area (Å²) in [7, 11) is 0. The molecule has 2 nitrogen and oxygen atoms in total. The predicted molar refractivity (Wildman–Crippen MR) is 67.8 cm³/mol. The van der Waals surface area contributed by atoms with Crippen LogP contribution in [0.25, 0.3) is 0 Å². The summed E-state index contributed by atoms with van der Waals surface area (Å²) in [6.45, 7) is 6.56. The number of thiazole rings is 1. The van der Waals surface area contributed by atoms with Crippen LogP contribution in [0.2, 0.25) is 0 Å². The van der Waals surface area contributed by atoms with Crippen LogP contribution in [0.4, 0.5) is 0 Å². The molecular weight excluding hydrogens is 228 g/mol. The maximum absolute atomic E-state index is 4.25. The Morgan fingerprint density at radius 1 is 1.53 bits per heavy atom. The Labute approximate surface area is 102 Å². The van der Waals surface area contributed by atoms with Gasteiger partial charge in [0, 0.05) is 18.0 Å². The second-order valence-corrected chi connectivity index (χ2v) is 5.26. The highest BCUT2D eigenvalue weighted by atomic mass is 35.5. The minimum atomic E-state index is 0. The summed E-state index contributed by atoms with van der Waals surface area (Å²) in [4.78, 5) is 5.63. The van der Waals surface area contributed by atoms with E-state index in [-0.39, 0.29) is 12.4 Å². The van der Waals surface area contributed by atoms with Crippen LogP contribution in [0.15, 0.2) is 5.51 Å². The fourth-order valence-electron chi connectivity index (χ4n) is 1.77. The molecule has 0 atom stereocenters. The van der Waals surface area contributed by atoms with Crippen molar-refractivity contribution < 1.29 is 0 Å². The van der Waals surface area contributed by atoms with Crippen molar-refractivity contribution in [1.29, 1.82) is 0 Å². The standard InChI is InChI=1S/C11H18N2S.ClH/c1-3-11(4-5-11)7-12-6-10-9(2)13-8-14-10;/h8,12H,3-7H2,1-2H3;1H. The van der Waals surface area contributed by atoms with Gasteiger partial charge in [0.05, 0.1) is 11.2 Å². The first kappa shape index (κ1) is 12.9. The predicted octanol–water partition coefficient (Wildman–Crippen LogP) is 3.15. The summed E-state index contributed by atoms with van der Waals surface area (Å²) in [5.41, 5.74) is 3.77. The lowest BCUT2D eigenvalue weighted by Crippen LogP contribution is -2.22. The van der Waals surface area contributed by atoms with Crippen molar-refractivity contribution in [3.8, 4) is 0 Å². The van der Waals surface area contributed by atoms with E-state index in [2.05, 4.69) is 24.1 Å². The number of aryl methyl sites for hydroxylation is 1. The molecule has 0 saturated heterocycles. The van der Waals surface area contributed by atoms with Gasteiger partial charge in [-0.3, -0.25) is 0 Å². The largest absolute Gasteiger partial charge is 0.311 e. The molecule has 0 aliphatic heterocycles. The third kappa shape index (κ3) is 3.16. The third-order valence-electron chi connectivity index (χ3n) is 3.34. The summed E-state index contributed by atoms with van der Waals surface area (Å²) >= 11 is 1.75. The van der Waals surface area contributed by atoms with Gasteiger partial charge in [-0.15, -0.1) is 23.7 Å². The molecule has 1 aromatic heterocycles. The van der Waals surface area contributed by atoms with Crippen LogP contribution < -0.4 is 5.32 Å². The van der Waals surface area contributed by atoms with Crippen LogP contribution in [0.3, 0.4) is 0 Å². The Kier molecular flexibility index (Phi) is 4.56. The van der Waals surface area contributed by atoms with Gasteiger partial charge in [0.15, 0.2) is 0 Å². The first-order valence-corrected chi connectivity index (χ1v) is 6.23. The van der Waals surface area contributed by atoms with Gasteiger partial charge in [-0.25, -0.2) is 4.98 Å². The fourth-order valence-corrected chi connectivity index (χ4v) is 2.52. The van der Waals surface area contributed by atoms with Crippen LogP contribution in [0.1, 0.15) is 36.8 Å².